The highest BCUT2D eigenvalue weighted by Crippen LogP contribution is 2.34. The van der Waals surface area contributed by atoms with Gasteiger partial charge in [0.05, 0.1) is 21.9 Å². The van der Waals surface area contributed by atoms with E-state index in [0.717, 1.165) is 16.7 Å². The predicted molar refractivity (Wildman–Crippen MR) is 103 cm³/mol. The minimum absolute atomic E-state index is 0.0575. The maximum atomic E-state index is 13.0. The van der Waals surface area contributed by atoms with Crippen LogP contribution in [-0.2, 0) is 16.1 Å². The molecule has 0 N–H and O–H groups in total. The maximum Gasteiger partial charge on any atom is 0.293 e. The summed E-state index contributed by atoms with van der Waals surface area (Å²) in [5.41, 5.74) is 1.27. The zero-order chi connectivity index (χ0) is 20.3. The number of carbonyl (C=O) groups is 3. The van der Waals surface area contributed by atoms with Crippen LogP contribution in [0, 0.1) is 5.82 Å². The summed E-state index contributed by atoms with van der Waals surface area (Å²) in [5.74, 6) is -1.86. The van der Waals surface area contributed by atoms with Gasteiger partial charge in [0.15, 0.2) is 0 Å². The van der Waals surface area contributed by atoms with E-state index in [4.69, 9.17) is 4.74 Å². The van der Waals surface area contributed by atoms with Gasteiger partial charge in [-0.3, -0.25) is 14.5 Å². The van der Waals surface area contributed by atoms with Crippen LogP contribution in [0.15, 0.2) is 51.8 Å². The molecule has 1 fully saturated rings. The molecule has 0 radical (unpaired) electrons. The van der Waals surface area contributed by atoms with E-state index in [0.29, 0.717) is 21.3 Å². The van der Waals surface area contributed by atoms with Crippen LogP contribution in [0.5, 0.6) is 5.75 Å². The Bertz CT molecular complexity index is 977. The standard InChI is InChI=1S/C19H13BrFNO5S/c20-14-7-12(3-6-15(14)27-10-17(23)24)8-16-18(25)22(19(26)28-16)9-11-1-4-13(21)5-2-11/h1-8H,9-10H2,(H,23,24)/p-1/b16-8+. The van der Waals surface area contributed by atoms with Crippen LogP contribution in [0.2, 0.25) is 0 Å². The summed E-state index contributed by atoms with van der Waals surface area (Å²) >= 11 is 4.08. The number of carbonyl (C=O) groups excluding carboxylic acids is 3. The number of ether oxygens (including phenoxy) is 1. The van der Waals surface area contributed by atoms with Crippen LogP contribution in [0.3, 0.4) is 0 Å². The van der Waals surface area contributed by atoms with Crippen LogP contribution in [0.1, 0.15) is 11.1 Å². The smallest absolute Gasteiger partial charge is 0.293 e. The molecule has 6 nitrogen and oxygen atoms in total. The quantitative estimate of drug-likeness (QED) is 0.610. The maximum absolute atomic E-state index is 13.0. The molecular formula is C19H12BrFNO5S-. The fourth-order valence-electron chi connectivity index (χ4n) is 2.42. The zero-order valence-electron chi connectivity index (χ0n) is 14.2. The number of thioether (sulfide) groups is 1. The lowest BCUT2D eigenvalue weighted by Gasteiger charge is -2.12. The van der Waals surface area contributed by atoms with Crippen molar-refractivity contribution in [1.29, 1.82) is 0 Å². The van der Waals surface area contributed by atoms with Gasteiger partial charge in [0, 0.05) is 0 Å². The molecule has 2 aromatic carbocycles. The lowest BCUT2D eigenvalue weighted by atomic mass is 10.2. The number of nitrogens with zero attached hydrogens (tertiary/aromatic N) is 1. The molecule has 1 heterocycles. The Morgan fingerprint density at radius 1 is 1.21 bits per heavy atom. The van der Waals surface area contributed by atoms with Crippen molar-refractivity contribution in [3.05, 3.63) is 68.8 Å². The Morgan fingerprint density at radius 2 is 1.93 bits per heavy atom. The molecule has 2 amide bonds. The van der Waals surface area contributed by atoms with E-state index in [1.54, 1.807) is 24.3 Å². The van der Waals surface area contributed by atoms with E-state index < -0.39 is 29.5 Å². The SMILES string of the molecule is O=C([O-])COc1ccc(/C=C2/SC(=O)N(Cc3ccc(F)cc3)C2=O)cc1Br. The topological polar surface area (TPSA) is 86.7 Å². The third-order valence-corrected chi connectivity index (χ3v) is 5.25. The molecule has 9 heteroatoms. The summed E-state index contributed by atoms with van der Waals surface area (Å²) in [5, 5.41) is 10.1. The number of halogens is 2. The lowest BCUT2D eigenvalue weighted by molar-refractivity contribution is -0.307. The third-order valence-electron chi connectivity index (χ3n) is 3.73. The number of rotatable bonds is 6. The van der Waals surface area contributed by atoms with Gasteiger partial charge in [-0.15, -0.1) is 0 Å². The molecule has 0 atom stereocenters. The Balaban J connectivity index is 1.75. The molecule has 144 valence electrons. The Kier molecular flexibility index (Phi) is 6.15. The molecule has 1 aliphatic rings. The van der Waals surface area contributed by atoms with Gasteiger partial charge in [0.25, 0.3) is 11.1 Å². The molecule has 1 aliphatic heterocycles. The van der Waals surface area contributed by atoms with Gasteiger partial charge in [-0.2, -0.15) is 0 Å². The second-order valence-electron chi connectivity index (χ2n) is 5.74. The summed E-state index contributed by atoms with van der Waals surface area (Å²) in [4.78, 5) is 36.6. The average molecular weight is 465 g/mol. The van der Waals surface area contributed by atoms with E-state index >= 15 is 0 Å². The first-order chi connectivity index (χ1) is 13.3. The Labute approximate surface area is 172 Å². The van der Waals surface area contributed by atoms with Crippen molar-refractivity contribution in [2.45, 2.75) is 6.54 Å². The van der Waals surface area contributed by atoms with Crippen LogP contribution in [0.4, 0.5) is 9.18 Å². The molecule has 0 unspecified atom stereocenters. The highest BCUT2D eigenvalue weighted by Gasteiger charge is 2.35. The van der Waals surface area contributed by atoms with Gasteiger partial charge in [-0.05, 0) is 69.2 Å². The number of imide groups is 1. The molecule has 0 spiro atoms. The van der Waals surface area contributed by atoms with E-state index in [2.05, 4.69) is 15.9 Å². The minimum Gasteiger partial charge on any atom is -0.546 e. The Morgan fingerprint density at radius 3 is 2.57 bits per heavy atom. The van der Waals surface area contributed by atoms with Gasteiger partial charge < -0.3 is 14.6 Å². The van der Waals surface area contributed by atoms with Crippen molar-refractivity contribution in [2.75, 3.05) is 6.61 Å². The number of aliphatic carboxylic acids is 1. The molecule has 3 rings (SSSR count). The number of carboxylic acid groups (broad SMARTS) is 1. The molecule has 0 saturated carbocycles. The molecule has 0 aromatic heterocycles. The van der Waals surface area contributed by atoms with Crippen molar-refractivity contribution in [2.24, 2.45) is 0 Å². The molecule has 2 aromatic rings. The van der Waals surface area contributed by atoms with Crippen molar-refractivity contribution in [3.8, 4) is 5.75 Å². The Hall–Kier alpha value is -2.65. The summed E-state index contributed by atoms with van der Waals surface area (Å²) < 4.78 is 18.6. The van der Waals surface area contributed by atoms with E-state index in [-0.39, 0.29) is 11.4 Å². The van der Waals surface area contributed by atoms with Gasteiger partial charge in [-0.25, -0.2) is 4.39 Å². The number of hydrogen-bond donors (Lipinski definition) is 0. The van der Waals surface area contributed by atoms with Crippen molar-refractivity contribution in [3.63, 3.8) is 0 Å². The first-order valence-electron chi connectivity index (χ1n) is 7.95. The van der Waals surface area contributed by atoms with Crippen molar-refractivity contribution in [1.82, 2.24) is 4.90 Å². The highest BCUT2D eigenvalue weighted by molar-refractivity contribution is 9.10. The lowest BCUT2D eigenvalue weighted by Crippen LogP contribution is -2.29. The van der Waals surface area contributed by atoms with Crippen LogP contribution >= 0.6 is 27.7 Å². The summed E-state index contributed by atoms with van der Waals surface area (Å²) in [6, 6.07) is 10.4. The highest BCUT2D eigenvalue weighted by atomic mass is 79.9. The number of benzene rings is 2. The predicted octanol–water partition coefficient (Wildman–Crippen LogP) is 2.95. The number of hydrogen-bond acceptors (Lipinski definition) is 6. The number of amides is 2. The van der Waals surface area contributed by atoms with Gasteiger partial charge in [0.2, 0.25) is 0 Å². The molecule has 1 saturated heterocycles. The normalized spacial score (nSPS) is 15.4. The fraction of sp³-hybridized carbons (Fsp3) is 0.105. The van der Waals surface area contributed by atoms with E-state index in [9.17, 15) is 23.9 Å². The first-order valence-corrected chi connectivity index (χ1v) is 9.56. The summed E-state index contributed by atoms with van der Waals surface area (Å²) in [6.45, 7) is -0.526. The summed E-state index contributed by atoms with van der Waals surface area (Å²) in [6.07, 6.45) is 1.56. The van der Waals surface area contributed by atoms with Crippen LogP contribution < -0.4 is 9.84 Å². The van der Waals surface area contributed by atoms with Crippen LogP contribution in [0.25, 0.3) is 6.08 Å². The second kappa shape index (κ2) is 8.57. The van der Waals surface area contributed by atoms with E-state index in [1.807, 2.05) is 0 Å². The van der Waals surface area contributed by atoms with Gasteiger partial charge in [0.1, 0.15) is 18.2 Å². The second-order valence-corrected chi connectivity index (χ2v) is 7.59. The van der Waals surface area contributed by atoms with E-state index in [1.165, 1.54) is 24.3 Å². The van der Waals surface area contributed by atoms with Crippen molar-refractivity contribution < 1.29 is 28.6 Å². The number of carboxylic acids is 1. The zero-order valence-corrected chi connectivity index (χ0v) is 16.6. The third kappa shape index (κ3) is 4.79. The largest absolute Gasteiger partial charge is 0.546 e. The van der Waals surface area contributed by atoms with Gasteiger partial charge >= 0.3 is 0 Å². The monoisotopic (exact) mass is 464 g/mol. The average Bonchev–Trinajstić information content (AvgIpc) is 2.90. The first kappa shape index (κ1) is 20.1. The fourth-order valence-corrected chi connectivity index (χ4v) is 3.77. The van der Waals surface area contributed by atoms with Gasteiger partial charge in [-0.1, -0.05) is 18.2 Å². The van der Waals surface area contributed by atoms with Crippen LogP contribution in [-0.4, -0.2) is 28.6 Å². The van der Waals surface area contributed by atoms with Crippen molar-refractivity contribution >= 4 is 50.9 Å². The molecule has 0 bridgehead atoms. The summed E-state index contributed by atoms with van der Waals surface area (Å²) in [7, 11) is 0. The molecule has 28 heavy (non-hydrogen) atoms. The molecular weight excluding hydrogens is 453 g/mol. The molecule has 0 aliphatic carbocycles. The minimum atomic E-state index is -1.34.